The molecule has 56 valence electrons. The molecule has 3 nitrogen and oxygen atoms in total. The van der Waals surface area contributed by atoms with Crippen LogP contribution in [0.4, 0.5) is 0 Å². The van der Waals surface area contributed by atoms with Crippen LogP contribution >= 0.6 is 11.6 Å². The standard InChI is InChI=1S/C7H7ClN3/c8-7-4-2-1-3-6(7)5-10-11-9/h1-4,9H,5H2/q+1. The fourth-order valence-corrected chi connectivity index (χ4v) is 0.934. The quantitative estimate of drug-likeness (QED) is 0.521. The van der Waals surface area contributed by atoms with Gasteiger partial charge < -0.3 is 0 Å². The molecule has 1 aromatic carbocycles. The highest BCUT2D eigenvalue weighted by atomic mass is 35.5. The van der Waals surface area contributed by atoms with Crippen molar-refractivity contribution in [2.45, 2.75) is 6.54 Å². The summed E-state index contributed by atoms with van der Waals surface area (Å²) in [5, 5.41) is 4.18. The zero-order chi connectivity index (χ0) is 8.10. The Morgan fingerprint density at radius 2 is 2.18 bits per heavy atom. The van der Waals surface area contributed by atoms with Crippen molar-refractivity contribution in [3.8, 4) is 0 Å². The predicted molar refractivity (Wildman–Crippen MR) is 42.4 cm³/mol. The molecule has 0 amide bonds. The second kappa shape index (κ2) is 3.86. The summed E-state index contributed by atoms with van der Waals surface area (Å²) >= 11 is 5.80. The van der Waals surface area contributed by atoms with Crippen LogP contribution in [0.1, 0.15) is 5.56 Å². The van der Waals surface area contributed by atoms with E-state index in [4.69, 9.17) is 17.1 Å². The summed E-state index contributed by atoms with van der Waals surface area (Å²) in [5.41, 5.74) is 7.33. The molecule has 1 aromatic rings. The van der Waals surface area contributed by atoms with Crippen LogP contribution in [0.5, 0.6) is 0 Å². The molecule has 0 radical (unpaired) electrons. The topological polar surface area (TPSA) is 50.3 Å². The lowest BCUT2D eigenvalue weighted by Crippen LogP contribution is -1.81. The molecule has 0 fully saturated rings. The van der Waals surface area contributed by atoms with Crippen molar-refractivity contribution in [1.82, 2.24) is 4.91 Å². The Morgan fingerprint density at radius 1 is 1.45 bits per heavy atom. The van der Waals surface area contributed by atoms with Gasteiger partial charge in [0.05, 0.1) is 0 Å². The fraction of sp³-hybridized carbons (Fsp3) is 0.143. The number of nitrogens with one attached hydrogen (secondary N) is 1. The van der Waals surface area contributed by atoms with Crippen LogP contribution < -0.4 is 4.91 Å². The zero-order valence-corrected chi connectivity index (χ0v) is 6.54. The Kier molecular flexibility index (Phi) is 2.78. The third-order valence-electron chi connectivity index (χ3n) is 1.27. The molecule has 0 unspecified atom stereocenters. The van der Waals surface area contributed by atoms with E-state index in [0.29, 0.717) is 11.6 Å². The van der Waals surface area contributed by atoms with E-state index in [1.54, 1.807) is 6.07 Å². The smallest absolute Gasteiger partial charge is 0.0840 e. The van der Waals surface area contributed by atoms with Gasteiger partial charge in [-0.15, -0.1) is 0 Å². The first-order valence-corrected chi connectivity index (χ1v) is 3.49. The molecule has 0 aliphatic rings. The molecule has 4 heteroatoms. The Bertz CT molecular complexity index is 291. The van der Waals surface area contributed by atoms with E-state index >= 15 is 0 Å². The molecule has 0 aliphatic carbocycles. The first-order valence-electron chi connectivity index (χ1n) is 3.11. The molecule has 1 N–H and O–H groups in total. The number of rotatable bonds is 2. The number of hydrogen-bond donors (Lipinski definition) is 1. The molecule has 0 aromatic heterocycles. The Balaban J connectivity index is 2.85. The van der Waals surface area contributed by atoms with Crippen molar-refractivity contribution in [2.75, 3.05) is 0 Å². The van der Waals surface area contributed by atoms with Crippen molar-refractivity contribution in [2.24, 2.45) is 5.11 Å². The summed E-state index contributed by atoms with van der Waals surface area (Å²) < 4.78 is 0. The molecule has 0 atom stereocenters. The minimum absolute atomic E-state index is 0.378. The molecular formula is C7H7ClN3+. The van der Waals surface area contributed by atoms with Crippen molar-refractivity contribution in [3.05, 3.63) is 34.9 Å². The lowest BCUT2D eigenvalue weighted by Gasteiger charge is -1.93. The van der Waals surface area contributed by atoms with E-state index in [2.05, 4.69) is 10.0 Å². The normalized spacial score (nSPS) is 8.82. The maximum atomic E-state index is 6.44. The van der Waals surface area contributed by atoms with Gasteiger partial charge in [-0.05, 0) is 11.6 Å². The van der Waals surface area contributed by atoms with Crippen molar-refractivity contribution >= 4 is 11.6 Å². The third kappa shape index (κ3) is 2.15. The van der Waals surface area contributed by atoms with Gasteiger partial charge in [0.1, 0.15) is 17.2 Å². The molecule has 0 saturated carbocycles. The number of hydrogen-bond acceptors (Lipinski definition) is 2. The summed E-state index contributed by atoms with van der Waals surface area (Å²) in [5.74, 6) is 0. The van der Waals surface area contributed by atoms with Crippen LogP contribution in [-0.4, -0.2) is 0 Å². The predicted octanol–water partition coefficient (Wildman–Crippen LogP) is 2.39. The van der Waals surface area contributed by atoms with E-state index in [-0.39, 0.29) is 0 Å². The average molecular weight is 169 g/mol. The van der Waals surface area contributed by atoms with E-state index in [1.165, 1.54) is 0 Å². The molecule has 1 rings (SSSR count). The van der Waals surface area contributed by atoms with E-state index in [1.807, 2.05) is 18.2 Å². The zero-order valence-electron chi connectivity index (χ0n) is 5.79. The molecule has 0 spiro atoms. The van der Waals surface area contributed by atoms with Gasteiger partial charge in [-0.3, -0.25) is 0 Å². The Morgan fingerprint density at radius 3 is 2.82 bits per heavy atom. The van der Waals surface area contributed by atoms with Gasteiger partial charge in [0, 0.05) is 5.02 Å². The van der Waals surface area contributed by atoms with Crippen molar-refractivity contribution in [1.29, 1.82) is 5.53 Å². The molecule has 11 heavy (non-hydrogen) atoms. The van der Waals surface area contributed by atoms with Gasteiger partial charge >= 0.3 is 0 Å². The highest BCUT2D eigenvalue weighted by molar-refractivity contribution is 6.31. The van der Waals surface area contributed by atoms with Crippen molar-refractivity contribution in [3.63, 3.8) is 0 Å². The van der Waals surface area contributed by atoms with Crippen LogP contribution in [0.3, 0.4) is 0 Å². The Hall–Kier alpha value is -1.18. The van der Waals surface area contributed by atoms with E-state index in [9.17, 15) is 0 Å². The summed E-state index contributed by atoms with van der Waals surface area (Å²) in [4.78, 5) is 2.89. The number of benzene rings is 1. The number of nitrogens with zero attached hydrogens (tertiary/aromatic N) is 2. The van der Waals surface area contributed by atoms with Gasteiger partial charge in [-0.25, -0.2) is 0 Å². The maximum Gasteiger partial charge on any atom is 0.214 e. The lowest BCUT2D eigenvalue weighted by atomic mass is 10.2. The minimum atomic E-state index is 0.378. The molecule has 0 heterocycles. The average Bonchev–Trinajstić information content (AvgIpc) is 2.03. The molecule has 0 bridgehead atoms. The Labute approximate surface area is 69.2 Å². The van der Waals surface area contributed by atoms with Crippen LogP contribution in [0.25, 0.3) is 0 Å². The molecular weight excluding hydrogens is 162 g/mol. The van der Waals surface area contributed by atoms with Crippen LogP contribution in [-0.2, 0) is 6.54 Å². The lowest BCUT2D eigenvalue weighted by molar-refractivity contribution is 0.858. The SMILES string of the molecule is N=[N+]=NCc1ccccc1Cl. The second-order valence-corrected chi connectivity index (χ2v) is 2.40. The largest absolute Gasteiger partial charge is 0.214 e. The van der Waals surface area contributed by atoms with Crippen LogP contribution in [0.15, 0.2) is 29.4 Å². The van der Waals surface area contributed by atoms with Gasteiger partial charge in [0.25, 0.3) is 0 Å². The van der Waals surface area contributed by atoms with Gasteiger partial charge in [0.15, 0.2) is 0 Å². The first-order chi connectivity index (χ1) is 5.34. The highest BCUT2D eigenvalue weighted by Crippen LogP contribution is 2.14. The minimum Gasteiger partial charge on any atom is -0.0840 e. The third-order valence-corrected chi connectivity index (χ3v) is 1.64. The monoisotopic (exact) mass is 168 g/mol. The summed E-state index contributed by atoms with van der Waals surface area (Å²) in [6, 6.07) is 7.37. The maximum absolute atomic E-state index is 6.44. The van der Waals surface area contributed by atoms with Crippen LogP contribution in [0.2, 0.25) is 5.02 Å². The fourth-order valence-electron chi connectivity index (χ4n) is 0.738. The second-order valence-electron chi connectivity index (χ2n) is 1.99. The van der Waals surface area contributed by atoms with Crippen molar-refractivity contribution < 1.29 is 0 Å². The summed E-state index contributed by atoms with van der Waals surface area (Å²) in [7, 11) is 0. The van der Waals surface area contributed by atoms with E-state index in [0.717, 1.165) is 5.56 Å². The van der Waals surface area contributed by atoms with E-state index < -0.39 is 0 Å². The molecule has 0 aliphatic heterocycles. The van der Waals surface area contributed by atoms with Crippen LogP contribution in [0, 0.1) is 5.53 Å². The molecule has 0 saturated heterocycles. The van der Waals surface area contributed by atoms with Gasteiger partial charge in [-0.2, -0.15) is 0 Å². The van der Waals surface area contributed by atoms with Gasteiger partial charge in [0.2, 0.25) is 4.91 Å². The summed E-state index contributed by atoms with van der Waals surface area (Å²) in [6.07, 6.45) is 0. The summed E-state index contributed by atoms with van der Waals surface area (Å²) in [6.45, 7) is 0.378. The number of halogens is 1. The first kappa shape index (κ1) is 7.92. The highest BCUT2D eigenvalue weighted by Gasteiger charge is 1.98. The van der Waals surface area contributed by atoms with Gasteiger partial charge in [-0.1, -0.05) is 29.8 Å².